The smallest absolute Gasteiger partial charge is 0.102 e. The Bertz CT molecular complexity index is 85.7. The molecule has 1 nitrogen and oxygen atoms in total. The normalized spacial score (nSPS) is 12.0. The molecule has 10 heavy (non-hydrogen) atoms. The van der Waals surface area contributed by atoms with Crippen molar-refractivity contribution < 1.29 is 4.39 Å². The summed E-state index contributed by atoms with van der Waals surface area (Å²) >= 11 is 5.53. The minimum absolute atomic E-state index is 0.0200. The van der Waals surface area contributed by atoms with E-state index in [0.717, 1.165) is 6.42 Å². The molecule has 1 N–H and O–H groups in total. The first-order valence-corrected chi connectivity index (χ1v) is 4.03. The fourth-order valence-corrected chi connectivity index (χ4v) is 1.18. The Morgan fingerprint density at radius 1 is 1.50 bits per heavy atom. The van der Waals surface area contributed by atoms with Crippen LogP contribution < -0.4 is 5.32 Å². The van der Waals surface area contributed by atoms with Gasteiger partial charge in [-0.3, -0.25) is 0 Å². The Balaban J connectivity index is 3.42. The predicted octanol–water partition coefficient (Wildman–Crippen LogP) is 1.95. The zero-order chi connectivity index (χ0) is 8.04. The van der Waals surface area contributed by atoms with Gasteiger partial charge in [0.2, 0.25) is 0 Å². The molecule has 0 fully saturated rings. The number of alkyl halides is 2. The van der Waals surface area contributed by atoms with E-state index < -0.39 is 0 Å². The first kappa shape index (κ1) is 10.2. The number of hydrogen-bond donors (Lipinski definition) is 1. The van der Waals surface area contributed by atoms with Gasteiger partial charge in [0, 0.05) is 18.0 Å². The van der Waals surface area contributed by atoms with Crippen molar-refractivity contribution in [3.05, 3.63) is 0 Å². The molecule has 0 aliphatic carbocycles. The zero-order valence-corrected chi connectivity index (χ0v) is 7.34. The molecule has 0 heterocycles. The summed E-state index contributed by atoms with van der Waals surface area (Å²) in [4.78, 5) is 0. The van der Waals surface area contributed by atoms with Crippen LogP contribution in [-0.2, 0) is 0 Å². The lowest BCUT2D eigenvalue weighted by molar-refractivity contribution is 0.349. The summed E-state index contributed by atoms with van der Waals surface area (Å²) in [6.07, 6.45) is 0.870. The number of halogens is 2. The molecule has 0 saturated carbocycles. The fraction of sp³-hybridized carbons (Fsp3) is 1.00. The molecular formula is C7H15ClFN. The average molecular weight is 168 g/mol. The maximum absolute atomic E-state index is 11.7. The van der Waals surface area contributed by atoms with Crippen LogP contribution in [0.25, 0.3) is 0 Å². The van der Waals surface area contributed by atoms with E-state index in [9.17, 15) is 4.39 Å². The Labute approximate surface area is 66.9 Å². The maximum Gasteiger partial charge on any atom is 0.102 e. The molecule has 0 spiro atoms. The highest BCUT2D eigenvalue weighted by molar-refractivity contribution is 6.17. The summed E-state index contributed by atoms with van der Waals surface area (Å²) in [5.41, 5.74) is -0.0200. The predicted molar refractivity (Wildman–Crippen MR) is 43.4 cm³/mol. The zero-order valence-electron chi connectivity index (χ0n) is 6.58. The van der Waals surface area contributed by atoms with Crippen LogP contribution in [0.5, 0.6) is 0 Å². The lowest BCUT2D eigenvalue weighted by Crippen LogP contribution is -2.40. The fourth-order valence-electron chi connectivity index (χ4n) is 0.710. The molecule has 0 bridgehead atoms. The lowest BCUT2D eigenvalue weighted by atomic mass is 10.0. The van der Waals surface area contributed by atoms with Gasteiger partial charge in [0.25, 0.3) is 0 Å². The summed E-state index contributed by atoms with van der Waals surface area (Å²) in [6.45, 7) is 4.14. The summed E-state index contributed by atoms with van der Waals surface area (Å²) in [7, 11) is 0. The number of hydrogen-bond acceptors (Lipinski definition) is 1. The third-order valence-corrected chi connectivity index (χ3v) is 1.61. The van der Waals surface area contributed by atoms with Crippen molar-refractivity contribution in [2.45, 2.75) is 25.8 Å². The van der Waals surface area contributed by atoms with Crippen molar-refractivity contribution in [3.8, 4) is 0 Å². The number of nitrogens with one attached hydrogen (secondary N) is 1. The Morgan fingerprint density at radius 2 is 2.10 bits per heavy atom. The van der Waals surface area contributed by atoms with Gasteiger partial charge in [-0.25, -0.2) is 4.39 Å². The van der Waals surface area contributed by atoms with Gasteiger partial charge in [-0.15, -0.1) is 11.6 Å². The van der Waals surface area contributed by atoms with Crippen molar-refractivity contribution in [2.75, 3.05) is 19.1 Å². The van der Waals surface area contributed by atoms with Gasteiger partial charge in [0.15, 0.2) is 0 Å². The van der Waals surface area contributed by atoms with Gasteiger partial charge < -0.3 is 5.32 Å². The highest BCUT2D eigenvalue weighted by atomic mass is 35.5. The van der Waals surface area contributed by atoms with Gasteiger partial charge in [-0.2, -0.15) is 0 Å². The molecule has 0 radical (unpaired) electrons. The minimum atomic E-state index is -0.314. The maximum atomic E-state index is 11.7. The highest BCUT2D eigenvalue weighted by Crippen LogP contribution is 2.08. The Morgan fingerprint density at radius 3 is 2.50 bits per heavy atom. The van der Waals surface area contributed by atoms with E-state index in [1.807, 2.05) is 13.8 Å². The van der Waals surface area contributed by atoms with Gasteiger partial charge in [0.1, 0.15) is 6.67 Å². The van der Waals surface area contributed by atoms with Crippen LogP contribution in [0.2, 0.25) is 0 Å². The van der Waals surface area contributed by atoms with E-state index in [0.29, 0.717) is 12.4 Å². The molecule has 0 atom stereocenters. The van der Waals surface area contributed by atoms with Gasteiger partial charge in [0.05, 0.1) is 0 Å². The molecule has 0 aromatic carbocycles. The van der Waals surface area contributed by atoms with Gasteiger partial charge in [-0.05, 0) is 20.3 Å². The van der Waals surface area contributed by atoms with Crippen LogP contribution in [-0.4, -0.2) is 24.6 Å². The van der Waals surface area contributed by atoms with Gasteiger partial charge in [-0.1, -0.05) is 0 Å². The molecule has 0 saturated heterocycles. The van der Waals surface area contributed by atoms with Crippen molar-refractivity contribution in [3.63, 3.8) is 0 Å². The standard InChI is InChI=1S/C7H15ClFN/c1-7(2,3-4-8)10-6-5-9/h10H,3-6H2,1-2H3. The molecular weight excluding hydrogens is 153 g/mol. The second-order valence-corrected chi connectivity index (χ2v) is 3.32. The van der Waals surface area contributed by atoms with E-state index in [1.54, 1.807) is 0 Å². The van der Waals surface area contributed by atoms with E-state index in [4.69, 9.17) is 11.6 Å². The summed E-state index contributed by atoms with van der Waals surface area (Å²) in [5, 5.41) is 3.05. The van der Waals surface area contributed by atoms with Crippen LogP contribution in [0.15, 0.2) is 0 Å². The van der Waals surface area contributed by atoms with Crippen LogP contribution in [0, 0.1) is 0 Å². The second-order valence-electron chi connectivity index (χ2n) is 2.94. The van der Waals surface area contributed by atoms with E-state index >= 15 is 0 Å². The average Bonchev–Trinajstić information content (AvgIpc) is 1.84. The largest absolute Gasteiger partial charge is 0.309 e. The van der Waals surface area contributed by atoms with E-state index in [1.165, 1.54) is 0 Å². The third kappa shape index (κ3) is 5.00. The molecule has 62 valence electrons. The summed E-state index contributed by atoms with van der Waals surface area (Å²) in [5.74, 6) is 0.617. The Hall–Kier alpha value is 0.180. The molecule has 0 aliphatic heterocycles. The SMILES string of the molecule is CC(C)(CCCl)NCCF. The molecule has 0 amide bonds. The molecule has 0 unspecified atom stereocenters. The van der Waals surface area contributed by atoms with Crippen LogP contribution >= 0.6 is 11.6 Å². The van der Waals surface area contributed by atoms with Crippen LogP contribution in [0.4, 0.5) is 4.39 Å². The van der Waals surface area contributed by atoms with Crippen LogP contribution in [0.1, 0.15) is 20.3 Å². The van der Waals surface area contributed by atoms with Crippen molar-refractivity contribution in [2.24, 2.45) is 0 Å². The molecule has 3 heteroatoms. The van der Waals surface area contributed by atoms with Crippen LogP contribution in [0.3, 0.4) is 0 Å². The molecule has 0 aromatic heterocycles. The molecule has 0 rings (SSSR count). The van der Waals surface area contributed by atoms with Crippen molar-refractivity contribution in [1.82, 2.24) is 5.32 Å². The lowest BCUT2D eigenvalue weighted by Gasteiger charge is -2.24. The molecule has 0 aliphatic rings. The topological polar surface area (TPSA) is 12.0 Å². The first-order valence-electron chi connectivity index (χ1n) is 3.49. The first-order chi connectivity index (χ1) is 4.62. The third-order valence-electron chi connectivity index (χ3n) is 1.42. The van der Waals surface area contributed by atoms with E-state index in [2.05, 4.69) is 5.32 Å². The van der Waals surface area contributed by atoms with E-state index in [-0.39, 0.29) is 12.2 Å². The van der Waals surface area contributed by atoms with Gasteiger partial charge >= 0.3 is 0 Å². The Kier molecular flexibility index (Phi) is 5.00. The highest BCUT2D eigenvalue weighted by Gasteiger charge is 2.14. The quantitative estimate of drug-likeness (QED) is 0.618. The summed E-state index contributed by atoms with van der Waals surface area (Å²) in [6, 6.07) is 0. The number of rotatable bonds is 5. The summed E-state index contributed by atoms with van der Waals surface area (Å²) < 4.78 is 11.7. The minimum Gasteiger partial charge on any atom is -0.309 e. The van der Waals surface area contributed by atoms with Crippen molar-refractivity contribution in [1.29, 1.82) is 0 Å². The van der Waals surface area contributed by atoms with Crippen molar-refractivity contribution >= 4 is 11.6 Å². The monoisotopic (exact) mass is 167 g/mol. The molecule has 0 aromatic rings. The second kappa shape index (κ2) is 4.91.